The van der Waals surface area contributed by atoms with Crippen LogP contribution >= 0.6 is 24.0 Å². The zero-order valence-electron chi connectivity index (χ0n) is 8.32. The summed E-state index contributed by atoms with van der Waals surface area (Å²) in [7, 11) is 0. The van der Waals surface area contributed by atoms with E-state index in [1.54, 1.807) is 12.1 Å². The molecule has 0 radical (unpaired) electrons. The lowest BCUT2D eigenvalue weighted by Crippen LogP contribution is -2.03. The molecule has 0 amide bonds. The van der Waals surface area contributed by atoms with Gasteiger partial charge in [0.25, 0.3) is 0 Å². The minimum atomic E-state index is 0. The molecule has 0 saturated carbocycles. The molecule has 0 aromatic heterocycles. The van der Waals surface area contributed by atoms with Gasteiger partial charge in [0.05, 0.1) is 13.2 Å². The highest BCUT2D eigenvalue weighted by Crippen LogP contribution is 2.15. The topological polar surface area (TPSA) is 44.5 Å². The number of benzene rings is 1. The van der Waals surface area contributed by atoms with Crippen molar-refractivity contribution in [1.82, 2.24) is 0 Å². The van der Waals surface area contributed by atoms with E-state index in [-0.39, 0.29) is 12.4 Å². The highest BCUT2D eigenvalue weighted by molar-refractivity contribution is 6.30. The minimum absolute atomic E-state index is 0. The van der Waals surface area contributed by atoms with Crippen LogP contribution in [0.2, 0.25) is 5.02 Å². The van der Waals surface area contributed by atoms with Crippen LogP contribution in [0, 0.1) is 0 Å². The van der Waals surface area contributed by atoms with Gasteiger partial charge in [-0.3, -0.25) is 0 Å². The molecule has 0 bridgehead atoms. The Balaban J connectivity index is 0.00000196. The van der Waals surface area contributed by atoms with Crippen LogP contribution in [-0.4, -0.2) is 13.2 Å². The Morgan fingerprint density at radius 1 is 1.07 bits per heavy atom. The normalized spacial score (nSPS) is 9.47. The van der Waals surface area contributed by atoms with Gasteiger partial charge in [-0.15, -0.1) is 12.4 Å². The third-order valence-electron chi connectivity index (χ3n) is 1.74. The van der Waals surface area contributed by atoms with E-state index in [4.69, 9.17) is 22.2 Å². The zero-order valence-corrected chi connectivity index (χ0v) is 9.89. The van der Waals surface area contributed by atoms with Crippen LogP contribution in [0.3, 0.4) is 0 Å². The van der Waals surface area contributed by atoms with Crippen molar-refractivity contribution in [2.75, 3.05) is 13.2 Å². The Labute approximate surface area is 101 Å². The number of halogens is 2. The molecular formula is C10H15Cl2NO2. The first kappa shape index (κ1) is 14.5. The van der Waals surface area contributed by atoms with Crippen LogP contribution in [0.15, 0.2) is 24.3 Å². The molecule has 3 nitrogen and oxygen atoms in total. The fourth-order valence-corrected chi connectivity index (χ4v) is 1.13. The lowest BCUT2D eigenvalue weighted by molar-refractivity contribution is 0.129. The summed E-state index contributed by atoms with van der Waals surface area (Å²) in [5.74, 6) is 5.72. The predicted octanol–water partition coefficient (Wildman–Crippen LogP) is 2.81. The van der Waals surface area contributed by atoms with Crippen molar-refractivity contribution in [2.45, 2.75) is 12.8 Å². The second-order valence-electron chi connectivity index (χ2n) is 2.88. The predicted molar refractivity (Wildman–Crippen MR) is 63.6 cm³/mol. The van der Waals surface area contributed by atoms with Crippen molar-refractivity contribution in [3.05, 3.63) is 29.3 Å². The molecule has 15 heavy (non-hydrogen) atoms. The first-order valence-electron chi connectivity index (χ1n) is 4.53. The van der Waals surface area contributed by atoms with Crippen molar-refractivity contribution in [3.8, 4) is 5.75 Å². The molecular weight excluding hydrogens is 237 g/mol. The third-order valence-corrected chi connectivity index (χ3v) is 1.99. The van der Waals surface area contributed by atoms with E-state index in [2.05, 4.69) is 4.84 Å². The van der Waals surface area contributed by atoms with Crippen LogP contribution in [0.5, 0.6) is 5.75 Å². The van der Waals surface area contributed by atoms with Crippen molar-refractivity contribution < 1.29 is 9.57 Å². The molecule has 1 aromatic carbocycles. The summed E-state index contributed by atoms with van der Waals surface area (Å²) < 4.78 is 5.45. The lowest BCUT2D eigenvalue weighted by atomic mass is 10.3. The fraction of sp³-hybridized carbons (Fsp3) is 0.400. The summed E-state index contributed by atoms with van der Waals surface area (Å²) in [5, 5.41) is 0.717. The van der Waals surface area contributed by atoms with Gasteiger partial charge in [-0.1, -0.05) is 11.6 Å². The number of nitrogens with two attached hydrogens (primary N) is 1. The monoisotopic (exact) mass is 251 g/mol. The maximum Gasteiger partial charge on any atom is 0.119 e. The number of hydrogen-bond acceptors (Lipinski definition) is 3. The maximum atomic E-state index is 5.73. The standard InChI is InChI=1S/C10H14ClNO2.ClH/c11-9-3-5-10(6-4-9)13-7-1-2-8-14-12;/h3-6H,1-2,7-8,12H2;1H. The zero-order chi connectivity index (χ0) is 10.2. The molecule has 0 aliphatic heterocycles. The van der Waals surface area contributed by atoms with E-state index in [1.165, 1.54) is 0 Å². The maximum absolute atomic E-state index is 5.73. The van der Waals surface area contributed by atoms with Gasteiger partial charge in [0.1, 0.15) is 5.75 Å². The second-order valence-corrected chi connectivity index (χ2v) is 3.32. The van der Waals surface area contributed by atoms with Crippen molar-refractivity contribution in [3.63, 3.8) is 0 Å². The Kier molecular flexibility index (Phi) is 8.52. The third kappa shape index (κ3) is 6.57. The Bertz CT molecular complexity index is 254. The number of hydrogen-bond donors (Lipinski definition) is 1. The average Bonchev–Trinajstić information content (AvgIpc) is 2.21. The van der Waals surface area contributed by atoms with Crippen LogP contribution in [0.1, 0.15) is 12.8 Å². The minimum Gasteiger partial charge on any atom is -0.494 e. The second kappa shape index (κ2) is 8.80. The van der Waals surface area contributed by atoms with E-state index in [0.29, 0.717) is 18.2 Å². The van der Waals surface area contributed by atoms with E-state index in [1.807, 2.05) is 12.1 Å². The molecule has 0 aliphatic rings. The Morgan fingerprint density at radius 3 is 2.27 bits per heavy atom. The first-order chi connectivity index (χ1) is 6.83. The van der Waals surface area contributed by atoms with Crippen LogP contribution in [0.25, 0.3) is 0 Å². The van der Waals surface area contributed by atoms with Gasteiger partial charge in [-0.25, -0.2) is 5.90 Å². The van der Waals surface area contributed by atoms with Gasteiger partial charge in [-0.05, 0) is 37.1 Å². The Hall–Kier alpha value is -0.480. The average molecular weight is 252 g/mol. The molecule has 1 rings (SSSR count). The number of ether oxygens (including phenoxy) is 1. The molecule has 0 aliphatic carbocycles. The lowest BCUT2D eigenvalue weighted by Gasteiger charge is -2.05. The first-order valence-corrected chi connectivity index (χ1v) is 4.91. The molecule has 0 unspecified atom stereocenters. The summed E-state index contributed by atoms with van der Waals surface area (Å²) >= 11 is 5.73. The largest absolute Gasteiger partial charge is 0.494 e. The smallest absolute Gasteiger partial charge is 0.119 e. The Morgan fingerprint density at radius 2 is 1.67 bits per heavy atom. The summed E-state index contributed by atoms with van der Waals surface area (Å²) in [4.78, 5) is 4.44. The van der Waals surface area contributed by atoms with Crippen molar-refractivity contribution in [1.29, 1.82) is 0 Å². The van der Waals surface area contributed by atoms with Gasteiger partial charge >= 0.3 is 0 Å². The highest BCUT2D eigenvalue weighted by atomic mass is 35.5. The summed E-state index contributed by atoms with van der Waals surface area (Å²) in [5.41, 5.74) is 0. The molecule has 0 saturated heterocycles. The molecule has 0 spiro atoms. The fourth-order valence-electron chi connectivity index (χ4n) is 1.01. The number of rotatable bonds is 6. The molecule has 86 valence electrons. The molecule has 1 aromatic rings. The van der Waals surface area contributed by atoms with Gasteiger partial charge in [0.15, 0.2) is 0 Å². The molecule has 0 atom stereocenters. The molecule has 5 heteroatoms. The summed E-state index contributed by atoms with van der Waals surface area (Å²) in [6.45, 7) is 1.25. The number of unbranched alkanes of at least 4 members (excludes halogenated alkanes) is 1. The van der Waals surface area contributed by atoms with Crippen molar-refractivity contribution >= 4 is 24.0 Å². The molecule has 0 fully saturated rings. The van der Waals surface area contributed by atoms with E-state index in [9.17, 15) is 0 Å². The van der Waals surface area contributed by atoms with E-state index in [0.717, 1.165) is 18.6 Å². The van der Waals surface area contributed by atoms with Crippen LogP contribution < -0.4 is 10.6 Å². The molecule has 2 N–H and O–H groups in total. The quantitative estimate of drug-likeness (QED) is 0.625. The SMILES string of the molecule is Cl.NOCCCCOc1ccc(Cl)cc1. The van der Waals surface area contributed by atoms with Crippen LogP contribution in [0.4, 0.5) is 0 Å². The van der Waals surface area contributed by atoms with Gasteiger partial charge < -0.3 is 9.57 Å². The van der Waals surface area contributed by atoms with Crippen molar-refractivity contribution in [2.24, 2.45) is 5.90 Å². The summed E-state index contributed by atoms with van der Waals surface area (Å²) in [6, 6.07) is 7.31. The van der Waals surface area contributed by atoms with E-state index < -0.39 is 0 Å². The molecule has 0 heterocycles. The van der Waals surface area contributed by atoms with Gasteiger partial charge in [0.2, 0.25) is 0 Å². The highest BCUT2D eigenvalue weighted by Gasteiger charge is 1.93. The van der Waals surface area contributed by atoms with Gasteiger partial charge in [0, 0.05) is 5.02 Å². The summed E-state index contributed by atoms with van der Waals surface area (Å²) in [6.07, 6.45) is 1.84. The van der Waals surface area contributed by atoms with E-state index >= 15 is 0 Å². The van der Waals surface area contributed by atoms with Gasteiger partial charge in [-0.2, -0.15) is 0 Å². The van der Waals surface area contributed by atoms with Crippen LogP contribution in [-0.2, 0) is 4.84 Å².